The van der Waals surface area contributed by atoms with Crippen molar-refractivity contribution in [2.75, 3.05) is 19.6 Å². The summed E-state index contributed by atoms with van der Waals surface area (Å²) in [6, 6.07) is 6.88. The van der Waals surface area contributed by atoms with Gasteiger partial charge in [-0.3, -0.25) is 9.59 Å². The van der Waals surface area contributed by atoms with Gasteiger partial charge in [-0.1, -0.05) is 19.8 Å². The summed E-state index contributed by atoms with van der Waals surface area (Å²) in [6.45, 7) is 8.13. The second kappa shape index (κ2) is 9.16. The van der Waals surface area contributed by atoms with Crippen molar-refractivity contribution >= 4 is 11.8 Å². The Labute approximate surface area is 127 Å². The molecule has 0 saturated heterocycles. The van der Waals surface area contributed by atoms with Gasteiger partial charge in [0.15, 0.2) is 0 Å². The molecule has 116 valence electrons. The Balaban J connectivity index is 2.61. The molecule has 2 amide bonds. The highest BCUT2D eigenvalue weighted by Gasteiger charge is 2.13. The quantitative estimate of drug-likeness (QED) is 0.748. The normalized spacial score (nSPS) is 10.2. The minimum Gasteiger partial charge on any atom is -0.352 e. The summed E-state index contributed by atoms with van der Waals surface area (Å²) in [5, 5.41) is 2.89. The van der Waals surface area contributed by atoms with Crippen LogP contribution in [0.15, 0.2) is 24.3 Å². The Bertz CT molecular complexity index is 450. The molecule has 0 spiro atoms. The molecule has 1 rings (SSSR count). The number of hydrogen-bond donors (Lipinski definition) is 1. The molecule has 21 heavy (non-hydrogen) atoms. The van der Waals surface area contributed by atoms with E-state index < -0.39 is 0 Å². The lowest BCUT2D eigenvalue weighted by Gasteiger charge is -2.18. The van der Waals surface area contributed by atoms with Crippen molar-refractivity contribution in [1.82, 2.24) is 10.2 Å². The molecule has 1 aromatic rings. The van der Waals surface area contributed by atoms with Crippen LogP contribution < -0.4 is 5.32 Å². The first-order valence-corrected chi connectivity index (χ1v) is 7.81. The zero-order valence-electron chi connectivity index (χ0n) is 13.3. The fourth-order valence-electron chi connectivity index (χ4n) is 2.14. The summed E-state index contributed by atoms with van der Waals surface area (Å²) in [6.07, 6.45) is 3.26. The molecule has 0 fully saturated rings. The third-order valence-corrected chi connectivity index (χ3v) is 3.51. The number of hydrogen-bond acceptors (Lipinski definition) is 2. The summed E-state index contributed by atoms with van der Waals surface area (Å²) < 4.78 is 0. The van der Waals surface area contributed by atoms with Gasteiger partial charge in [-0.15, -0.1) is 0 Å². The van der Waals surface area contributed by atoms with Crippen molar-refractivity contribution in [2.45, 2.75) is 40.0 Å². The van der Waals surface area contributed by atoms with E-state index in [1.807, 2.05) is 13.8 Å². The number of unbranched alkanes of at least 4 members (excludes halogenated alkanes) is 2. The van der Waals surface area contributed by atoms with Gasteiger partial charge in [0.25, 0.3) is 11.8 Å². The van der Waals surface area contributed by atoms with Crippen molar-refractivity contribution in [3.05, 3.63) is 35.4 Å². The maximum Gasteiger partial charge on any atom is 0.253 e. The lowest BCUT2D eigenvalue weighted by molar-refractivity contribution is 0.0772. The molecular weight excluding hydrogens is 264 g/mol. The number of carbonyl (C=O) groups excluding carboxylic acids is 2. The number of benzene rings is 1. The molecule has 0 radical (unpaired) electrons. The van der Waals surface area contributed by atoms with E-state index >= 15 is 0 Å². The highest BCUT2D eigenvalue weighted by molar-refractivity contribution is 5.97. The van der Waals surface area contributed by atoms with E-state index in [9.17, 15) is 9.59 Å². The zero-order valence-corrected chi connectivity index (χ0v) is 13.3. The molecular formula is C17H26N2O2. The van der Waals surface area contributed by atoms with Gasteiger partial charge in [0.05, 0.1) is 0 Å². The molecule has 0 atom stereocenters. The van der Waals surface area contributed by atoms with Crippen LogP contribution in [0, 0.1) is 0 Å². The van der Waals surface area contributed by atoms with Crippen LogP contribution in [-0.2, 0) is 0 Å². The fourth-order valence-corrected chi connectivity index (χ4v) is 2.14. The minimum absolute atomic E-state index is 0.00917. The first-order chi connectivity index (χ1) is 10.1. The van der Waals surface area contributed by atoms with Crippen LogP contribution in [-0.4, -0.2) is 36.3 Å². The van der Waals surface area contributed by atoms with Crippen molar-refractivity contribution in [1.29, 1.82) is 0 Å². The third kappa shape index (κ3) is 5.21. The molecule has 4 nitrogen and oxygen atoms in total. The van der Waals surface area contributed by atoms with Gasteiger partial charge in [-0.2, -0.15) is 0 Å². The number of nitrogens with one attached hydrogen (secondary N) is 1. The van der Waals surface area contributed by atoms with Gasteiger partial charge in [0.2, 0.25) is 0 Å². The average molecular weight is 290 g/mol. The first-order valence-electron chi connectivity index (χ1n) is 7.81. The van der Waals surface area contributed by atoms with Crippen LogP contribution in [0.5, 0.6) is 0 Å². The summed E-state index contributed by atoms with van der Waals surface area (Å²) in [7, 11) is 0. The van der Waals surface area contributed by atoms with Gasteiger partial charge in [-0.25, -0.2) is 0 Å². The average Bonchev–Trinajstić information content (AvgIpc) is 2.52. The Morgan fingerprint density at radius 1 is 0.952 bits per heavy atom. The minimum atomic E-state index is -0.0760. The van der Waals surface area contributed by atoms with E-state index in [2.05, 4.69) is 12.2 Å². The molecule has 0 heterocycles. The molecule has 0 aliphatic carbocycles. The summed E-state index contributed by atoms with van der Waals surface area (Å²) >= 11 is 0. The van der Waals surface area contributed by atoms with E-state index in [1.54, 1.807) is 29.2 Å². The number of carbonyl (C=O) groups is 2. The van der Waals surface area contributed by atoms with Gasteiger partial charge >= 0.3 is 0 Å². The predicted octanol–water partition coefficient (Wildman–Crippen LogP) is 3.09. The summed E-state index contributed by atoms with van der Waals surface area (Å²) in [4.78, 5) is 25.8. The van der Waals surface area contributed by atoms with Crippen LogP contribution in [0.2, 0.25) is 0 Å². The highest BCUT2D eigenvalue weighted by Crippen LogP contribution is 2.08. The highest BCUT2D eigenvalue weighted by atomic mass is 16.2. The maximum atomic E-state index is 12.2. The van der Waals surface area contributed by atoms with Crippen molar-refractivity contribution in [3.63, 3.8) is 0 Å². The monoisotopic (exact) mass is 290 g/mol. The lowest BCUT2D eigenvalue weighted by atomic mass is 10.1. The van der Waals surface area contributed by atoms with Gasteiger partial charge in [0.1, 0.15) is 0 Å². The third-order valence-electron chi connectivity index (χ3n) is 3.51. The Kier molecular flexibility index (Phi) is 7.51. The van der Waals surface area contributed by atoms with Crippen LogP contribution in [0.3, 0.4) is 0 Å². The van der Waals surface area contributed by atoms with E-state index in [0.29, 0.717) is 30.8 Å². The Hall–Kier alpha value is -1.84. The van der Waals surface area contributed by atoms with Crippen LogP contribution in [0.25, 0.3) is 0 Å². The van der Waals surface area contributed by atoms with E-state index in [0.717, 1.165) is 19.3 Å². The predicted molar refractivity (Wildman–Crippen MR) is 85.6 cm³/mol. The zero-order chi connectivity index (χ0) is 15.7. The van der Waals surface area contributed by atoms with Crippen LogP contribution >= 0.6 is 0 Å². The smallest absolute Gasteiger partial charge is 0.253 e. The van der Waals surface area contributed by atoms with E-state index in [4.69, 9.17) is 0 Å². The van der Waals surface area contributed by atoms with E-state index in [-0.39, 0.29) is 11.8 Å². The molecule has 4 heteroatoms. The molecule has 0 bridgehead atoms. The maximum absolute atomic E-state index is 12.2. The first kappa shape index (κ1) is 17.2. The fraction of sp³-hybridized carbons (Fsp3) is 0.529. The largest absolute Gasteiger partial charge is 0.352 e. The van der Waals surface area contributed by atoms with Gasteiger partial charge in [-0.05, 0) is 44.5 Å². The summed E-state index contributed by atoms with van der Waals surface area (Å²) in [5.74, 6) is -0.0668. The van der Waals surface area contributed by atoms with Gasteiger partial charge in [0, 0.05) is 30.8 Å². The standard InChI is InChI=1S/C17H26N2O2/c1-4-7-8-13-18-16(20)14-9-11-15(12-10-14)17(21)19(5-2)6-3/h9-12H,4-8,13H2,1-3H3,(H,18,20). The van der Waals surface area contributed by atoms with E-state index in [1.165, 1.54) is 0 Å². The van der Waals surface area contributed by atoms with Crippen LogP contribution in [0.4, 0.5) is 0 Å². The molecule has 0 saturated carbocycles. The lowest BCUT2D eigenvalue weighted by Crippen LogP contribution is -2.30. The van der Waals surface area contributed by atoms with Crippen molar-refractivity contribution in [3.8, 4) is 0 Å². The van der Waals surface area contributed by atoms with Gasteiger partial charge < -0.3 is 10.2 Å². The second-order valence-corrected chi connectivity index (χ2v) is 5.02. The molecule has 1 aromatic carbocycles. The molecule has 0 unspecified atom stereocenters. The SMILES string of the molecule is CCCCCNC(=O)c1ccc(C(=O)N(CC)CC)cc1. The Morgan fingerprint density at radius 2 is 1.52 bits per heavy atom. The summed E-state index contributed by atoms with van der Waals surface area (Å²) in [5.41, 5.74) is 1.23. The van der Waals surface area contributed by atoms with Crippen LogP contribution in [0.1, 0.15) is 60.7 Å². The van der Waals surface area contributed by atoms with Crippen molar-refractivity contribution < 1.29 is 9.59 Å². The molecule has 0 aliphatic rings. The molecule has 0 aliphatic heterocycles. The number of nitrogens with zero attached hydrogens (tertiary/aromatic N) is 1. The number of rotatable bonds is 8. The topological polar surface area (TPSA) is 49.4 Å². The number of amides is 2. The Morgan fingerprint density at radius 3 is 2.05 bits per heavy atom. The molecule has 1 N–H and O–H groups in total. The molecule has 0 aromatic heterocycles. The van der Waals surface area contributed by atoms with Crippen molar-refractivity contribution in [2.24, 2.45) is 0 Å². The second-order valence-electron chi connectivity index (χ2n) is 5.02.